The number of aliphatic hydroxyl groups excluding tert-OH is 1. The van der Waals surface area contributed by atoms with Crippen LogP contribution in [0.4, 0.5) is 0 Å². The van der Waals surface area contributed by atoms with Crippen LogP contribution in [0.3, 0.4) is 0 Å². The van der Waals surface area contributed by atoms with Gasteiger partial charge in [0, 0.05) is 25.5 Å². The van der Waals surface area contributed by atoms with Crippen molar-refractivity contribution in [3.63, 3.8) is 0 Å². The summed E-state index contributed by atoms with van der Waals surface area (Å²) in [6, 6.07) is -0.0672. The number of carbonyl (C=O) groups is 2. The van der Waals surface area contributed by atoms with Crippen LogP contribution in [-0.4, -0.2) is 34.5 Å². The molecule has 0 saturated carbocycles. The molecule has 0 aromatic heterocycles. The Morgan fingerprint density at radius 3 is 2.43 bits per heavy atom. The monoisotopic (exact) mass is 199 g/mol. The summed E-state index contributed by atoms with van der Waals surface area (Å²) in [5.41, 5.74) is 0. The Labute approximate surface area is 83.9 Å². The van der Waals surface area contributed by atoms with Gasteiger partial charge < -0.3 is 5.11 Å². The molecule has 4 heteroatoms. The molecule has 14 heavy (non-hydrogen) atoms. The molecular formula is C10H17NO3. The van der Waals surface area contributed by atoms with E-state index in [-0.39, 0.29) is 24.5 Å². The van der Waals surface area contributed by atoms with Gasteiger partial charge in [-0.15, -0.1) is 0 Å². The van der Waals surface area contributed by atoms with E-state index in [4.69, 9.17) is 5.11 Å². The average molecular weight is 199 g/mol. The molecule has 1 unspecified atom stereocenters. The van der Waals surface area contributed by atoms with E-state index in [0.29, 0.717) is 32.1 Å². The van der Waals surface area contributed by atoms with Crippen LogP contribution < -0.4 is 0 Å². The first-order valence-corrected chi connectivity index (χ1v) is 5.12. The molecule has 2 amide bonds. The minimum atomic E-state index is -0.0672. The zero-order valence-corrected chi connectivity index (χ0v) is 8.53. The van der Waals surface area contributed by atoms with Gasteiger partial charge in [-0.1, -0.05) is 0 Å². The van der Waals surface area contributed by atoms with E-state index in [2.05, 4.69) is 0 Å². The summed E-state index contributed by atoms with van der Waals surface area (Å²) in [7, 11) is 0. The van der Waals surface area contributed by atoms with Crippen LogP contribution in [-0.2, 0) is 9.59 Å². The van der Waals surface area contributed by atoms with Crippen molar-refractivity contribution < 1.29 is 14.7 Å². The Balaban J connectivity index is 2.53. The van der Waals surface area contributed by atoms with Crippen molar-refractivity contribution >= 4 is 11.8 Å². The van der Waals surface area contributed by atoms with Gasteiger partial charge in [0.05, 0.1) is 0 Å². The van der Waals surface area contributed by atoms with Gasteiger partial charge in [-0.05, 0) is 26.2 Å². The van der Waals surface area contributed by atoms with Gasteiger partial charge in [0.25, 0.3) is 0 Å². The first-order chi connectivity index (χ1) is 6.66. The molecule has 0 aromatic carbocycles. The predicted octanol–water partition coefficient (Wildman–Crippen LogP) is 0.687. The summed E-state index contributed by atoms with van der Waals surface area (Å²) in [5.74, 6) is -0.127. The van der Waals surface area contributed by atoms with E-state index in [1.54, 1.807) is 0 Å². The fourth-order valence-corrected chi connectivity index (χ4v) is 1.78. The first kappa shape index (κ1) is 11.2. The van der Waals surface area contributed by atoms with Crippen molar-refractivity contribution in [3.8, 4) is 0 Å². The molecule has 1 heterocycles. The molecule has 0 aliphatic carbocycles. The summed E-state index contributed by atoms with van der Waals surface area (Å²) < 4.78 is 0. The second-order valence-corrected chi connectivity index (χ2v) is 3.73. The standard InChI is InChI=1S/C10H17NO3/c1-8(4-3-7-12)11-9(13)5-2-6-10(11)14/h8,12H,2-7H2,1H3. The van der Waals surface area contributed by atoms with Crippen molar-refractivity contribution in [1.82, 2.24) is 4.90 Å². The smallest absolute Gasteiger partial charge is 0.229 e. The van der Waals surface area contributed by atoms with Crippen LogP contribution in [0.2, 0.25) is 0 Å². The van der Waals surface area contributed by atoms with Crippen molar-refractivity contribution in [2.24, 2.45) is 0 Å². The third-order valence-corrected chi connectivity index (χ3v) is 2.54. The minimum absolute atomic E-state index is 0.0633. The topological polar surface area (TPSA) is 57.6 Å². The summed E-state index contributed by atoms with van der Waals surface area (Å²) in [5, 5.41) is 8.66. The molecule has 4 nitrogen and oxygen atoms in total. The highest BCUT2D eigenvalue weighted by Crippen LogP contribution is 2.17. The summed E-state index contributed by atoms with van der Waals surface area (Å²) in [6.07, 6.45) is 2.97. The number of carbonyl (C=O) groups excluding carboxylic acids is 2. The van der Waals surface area contributed by atoms with Gasteiger partial charge in [0.2, 0.25) is 11.8 Å². The highest BCUT2D eigenvalue weighted by atomic mass is 16.3. The van der Waals surface area contributed by atoms with Crippen LogP contribution in [0.1, 0.15) is 39.0 Å². The van der Waals surface area contributed by atoms with Crippen LogP contribution in [0, 0.1) is 0 Å². The van der Waals surface area contributed by atoms with Gasteiger partial charge >= 0.3 is 0 Å². The number of hydrogen-bond donors (Lipinski definition) is 1. The van der Waals surface area contributed by atoms with Crippen LogP contribution in [0.15, 0.2) is 0 Å². The number of piperidine rings is 1. The molecule has 1 aliphatic heterocycles. The van der Waals surface area contributed by atoms with E-state index in [0.717, 1.165) is 0 Å². The third kappa shape index (κ3) is 2.54. The lowest BCUT2D eigenvalue weighted by molar-refractivity contribution is -0.150. The summed E-state index contributed by atoms with van der Waals surface area (Å²) >= 11 is 0. The predicted molar refractivity (Wildman–Crippen MR) is 51.5 cm³/mol. The molecule has 1 saturated heterocycles. The molecule has 80 valence electrons. The molecule has 1 fully saturated rings. The average Bonchev–Trinajstić information content (AvgIpc) is 2.14. The number of nitrogens with zero attached hydrogens (tertiary/aromatic N) is 1. The lowest BCUT2D eigenvalue weighted by atomic mass is 10.0. The lowest BCUT2D eigenvalue weighted by Crippen LogP contribution is -2.45. The van der Waals surface area contributed by atoms with Crippen LogP contribution >= 0.6 is 0 Å². The Morgan fingerprint density at radius 1 is 1.36 bits per heavy atom. The van der Waals surface area contributed by atoms with E-state index in [9.17, 15) is 9.59 Å². The quantitative estimate of drug-likeness (QED) is 0.677. The van der Waals surface area contributed by atoms with E-state index >= 15 is 0 Å². The van der Waals surface area contributed by atoms with Gasteiger partial charge in [-0.25, -0.2) is 0 Å². The summed E-state index contributed by atoms with van der Waals surface area (Å²) in [4.78, 5) is 24.3. The fraction of sp³-hybridized carbons (Fsp3) is 0.800. The van der Waals surface area contributed by atoms with Crippen LogP contribution in [0.5, 0.6) is 0 Å². The molecule has 0 aromatic rings. The molecule has 1 aliphatic rings. The number of aliphatic hydroxyl groups is 1. The highest BCUT2D eigenvalue weighted by Gasteiger charge is 2.29. The minimum Gasteiger partial charge on any atom is -0.396 e. The number of rotatable bonds is 4. The Hall–Kier alpha value is -0.900. The van der Waals surface area contributed by atoms with Crippen molar-refractivity contribution in [2.45, 2.75) is 45.1 Å². The Bertz CT molecular complexity index is 211. The maximum absolute atomic E-state index is 11.5. The molecule has 1 atom stereocenters. The first-order valence-electron chi connectivity index (χ1n) is 5.12. The number of likely N-dealkylation sites (tertiary alicyclic amines) is 1. The molecule has 0 bridgehead atoms. The number of imide groups is 1. The van der Waals surface area contributed by atoms with E-state index in [1.165, 1.54) is 4.90 Å². The van der Waals surface area contributed by atoms with Gasteiger partial charge in [-0.2, -0.15) is 0 Å². The SMILES string of the molecule is CC(CCCO)N1C(=O)CCCC1=O. The maximum Gasteiger partial charge on any atom is 0.229 e. The molecule has 1 N–H and O–H groups in total. The Morgan fingerprint density at radius 2 is 1.93 bits per heavy atom. The number of amides is 2. The summed E-state index contributed by atoms with van der Waals surface area (Å²) in [6.45, 7) is 1.97. The molecule has 0 spiro atoms. The highest BCUT2D eigenvalue weighted by molar-refractivity contribution is 5.97. The van der Waals surface area contributed by atoms with Crippen molar-refractivity contribution in [2.75, 3.05) is 6.61 Å². The third-order valence-electron chi connectivity index (χ3n) is 2.54. The van der Waals surface area contributed by atoms with Crippen molar-refractivity contribution in [3.05, 3.63) is 0 Å². The lowest BCUT2D eigenvalue weighted by Gasteiger charge is -2.30. The number of hydrogen-bond acceptors (Lipinski definition) is 3. The second kappa shape index (κ2) is 5.10. The van der Waals surface area contributed by atoms with Gasteiger partial charge in [0.1, 0.15) is 0 Å². The zero-order valence-electron chi connectivity index (χ0n) is 8.53. The van der Waals surface area contributed by atoms with E-state index in [1.807, 2.05) is 6.92 Å². The zero-order chi connectivity index (χ0) is 10.6. The van der Waals surface area contributed by atoms with Crippen molar-refractivity contribution in [1.29, 1.82) is 0 Å². The molecule has 1 rings (SSSR count). The normalized spacial score (nSPS) is 20.0. The van der Waals surface area contributed by atoms with Gasteiger partial charge in [-0.3, -0.25) is 14.5 Å². The van der Waals surface area contributed by atoms with Gasteiger partial charge in [0.15, 0.2) is 0 Å². The largest absolute Gasteiger partial charge is 0.396 e. The second-order valence-electron chi connectivity index (χ2n) is 3.73. The Kier molecular flexibility index (Phi) is 4.07. The van der Waals surface area contributed by atoms with Crippen LogP contribution in [0.25, 0.3) is 0 Å². The molecule has 0 radical (unpaired) electrons. The molecular weight excluding hydrogens is 182 g/mol. The fourth-order valence-electron chi connectivity index (χ4n) is 1.78. The van der Waals surface area contributed by atoms with E-state index < -0.39 is 0 Å². The maximum atomic E-state index is 11.5.